The van der Waals surface area contributed by atoms with Gasteiger partial charge in [-0.3, -0.25) is 0 Å². The largest absolute Gasteiger partial charge is 0.508 e. The number of nitriles is 1. The molecule has 0 saturated carbocycles. The van der Waals surface area contributed by atoms with Gasteiger partial charge in [0.25, 0.3) is 0 Å². The molecule has 0 spiro atoms. The highest BCUT2D eigenvalue weighted by Gasteiger charge is 2.01. The number of benzene rings is 1. The summed E-state index contributed by atoms with van der Waals surface area (Å²) < 4.78 is 0. The van der Waals surface area contributed by atoms with E-state index in [0.29, 0.717) is 5.56 Å². The van der Waals surface area contributed by atoms with E-state index in [1.54, 1.807) is 6.07 Å². The van der Waals surface area contributed by atoms with Gasteiger partial charge in [-0.1, -0.05) is 0 Å². The summed E-state index contributed by atoms with van der Waals surface area (Å²) in [6.45, 7) is 3.74. The number of aromatic hydroxyl groups is 1. The number of phenolic OH excluding ortho intramolecular Hbond substituents is 1. The van der Waals surface area contributed by atoms with Crippen molar-refractivity contribution in [3.8, 4) is 11.8 Å². The lowest BCUT2D eigenvalue weighted by atomic mass is 10.0. The number of rotatable bonds is 0. The van der Waals surface area contributed by atoms with E-state index >= 15 is 0 Å². The zero-order valence-corrected chi connectivity index (χ0v) is 6.55. The summed E-state index contributed by atoms with van der Waals surface area (Å²) >= 11 is 0. The molecule has 0 aromatic heterocycles. The molecular weight excluding hydrogens is 138 g/mol. The van der Waals surface area contributed by atoms with Crippen LogP contribution in [0.2, 0.25) is 0 Å². The molecule has 0 atom stereocenters. The topological polar surface area (TPSA) is 44.0 Å². The van der Waals surface area contributed by atoms with Crippen LogP contribution in [0.5, 0.6) is 5.75 Å². The first kappa shape index (κ1) is 7.62. The van der Waals surface area contributed by atoms with Gasteiger partial charge in [0.2, 0.25) is 0 Å². The minimum absolute atomic E-state index is 0.157. The van der Waals surface area contributed by atoms with Crippen molar-refractivity contribution in [3.05, 3.63) is 28.8 Å². The van der Waals surface area contributed by atoms with Crippen LogP contribution in [-0.4, -0.2) is 5.11 Å². The predicted molar refractivity (Wildman–Crippen MR) is 42.3 cm³/mol. The third-order valence-corrected chi connectivity index (χ3v) is 1.77. The van der Waals surface area contributed by atoms with E-state index in [2.05, 4.69) is 0 Å². The third kappa shape index (κ3) is 1.32. The molecule has 56 valence electrons. The molecule has 11 heavy (non-hydrogen) atoms. The zero-order valence-electron chi connectivity index (χ0n) is 6.55. The van der Waals surface area contributed by atoms with Crippen molar-refractivity contribution in [2.75, 3.05) is 0 Å². The Labute approximate surface area is 65.7 Å². The SMILES string of the molecule is Cc1cc(O)cc(C#N)c1C. The zero-order chi connectivity index (χ0) is 8.43. The fourth-order valence-electron chi connectivity index (χ4n) is 0.956. The maximum Gasteiger partial charge on any atom is 0.117 e. The molecule has 0 heterocycles. The molecule has 1 N–H and O–H groups in total. The van der Waals surface area contributed by atoms with E-state index in [-0.39, 0.29) is 5.75 Å². The van der Waals surface area contributed by atoms with Gasteiger partial charge in [0, 0.05) is 0 Å². The van der Waals surface area contributed by atoms with Crippen LogP contribution in [0.25, 0.3) is 0 Å². The van der Waals surface area contributed by atoms with Gasteiger partial charge in [-0.25, -0.2) is 0 Å². The molecule has 0 radical (unpaired) electrons. The van der Waals surface area contributed by atoms with Crippen molar-refractivity contribution in [1.29, 1.82) is 5.26 Å². The van der Waals surface area contributed by atoms with E-state index in [0.717, 1.165) is 11.1 Å². The first-order valence-electron chi connectivity index (χ1n) is 3.35. The number of phenols is 1. The van der Waals surface area contributed by atoms with E-state index in [1.165, 1.54) is 6.07 Å². The predicted octanol–water partition coefficient (Wildman–Crippen LogP) is 1.88. The summed E-state index contributed by atoms with van der Waals surface area (Å²) in [4.78, 5) is 0. The van der Waals surface area contributed by atoms with Crippen LogP contribution in [-0.2, 0) is 0 Å². The molecule has 0 fully saturated rings. The van der Waals surface area contributed by atoms with Crippen LogP contribution in [0.15, 0.2) is 12.1 Å². The second-order valence-electron chi connectivity index (χ2n) is 2.55. The second kappa shape index (κ2) is 2.63. The summed E-state index contributed by atoms with van der Waals surface area (Å²) in [6.07, 6.45) is 0. The lowest BCUT2D eigenvalue weighted by Gasteiger charge is -2.01. The molecule has 0 aliphatic carbocycles. The standard InChI is InChI=1S/C9H9NO/c1-6-3-9(11)4-8(5-10)7(6)2/h3-4,11H,1-2H3. The molecule has 0 amide bonds. The molecule has 1 aromatic carbocycles. The van der Waals surface area contributed by atoms with Crippen LogP contribution in [0.3, 0.4) is 0 Å². The highest BCUT2D eigenvalue weighted by Crippen LogP contribution is 2.19. The van der Waals surface area contributed by atoms with E-state index in [4.69, 9.17) is 10.4 Å². The first-order valence-corrected chi connectivity index (χ1v) is 3.35. The third-order valence-electron chi connectivity index (χ3n) is 1.77. The normalized spacial score (nSPS) is 9.18. The van der Waals surface area contributed by atoms with Crippen LogP contribution < -0.4 is 0 Å². The molecule has 2 heteroatoms. The highest BCUT2D eigenvalue weighted by molar-refractivity contribution is 5.46. The molecule has 2 nitrogen and oxygen atoms in total. The Kier molecular flexibility index (Phi) is 1.82. The van der Waals surface area contributed by atoms with E-state index in [9.17, 15) is 0 Å². The van der Waals surface area contributed by atoms with E-state index < -0.39 is 0 Å². The molecule has 1 rings (SSSR count). The fraction of sp³-hybridized carbons (Fsp3) is 0.222. The van der Waals surface area contributed by atoms with Crippen LogP contribution in [0.4, 0.5) is 0 Å². The minimum Gasteiger partial charge on any atom is -0.508 e. The van der Waals surface area contributed by atoms with Gasteiger partial charge >= 0.3 is 0 Å². The number of nitrogens with zero attached hydrogens (tertiary/aromatic N) is 1. The molecule has 0 bridgehead atoms. The minimum atomic E-state index is 0.157. The summed E-state index contributed by atoms with van der Waals surface area (Å²) in [5.41, 5.74) is 2.43. The molecule has 1 aromatic rings. The molecular formula is C9H9NO. The average Bonchev–Trinajstić information content (AvgIpc) is 1.96. The number of hydrogen-bond donors (Lipinski definition) is 1. The Morgan fingerprint density at radius 3 is 2.55 bits per heavy atom. The smallest absolute Gasteiger partial charge is 0.117 e. The van der Waals surface area contributed by atoms with Crippen LogP contribution in [0, 0.1) is 25.2 Å². The maximum absolute atomic E-state index is 9.10. The van der Waals surface area contributed by atoms with Crippen molar-refractivity contribution >= 4 is 0 Å². The summed E-state index contributed by atoms with van der Waals surface area (Å²) in [7, 11) is 0. The molecule has 0 aliphatic heterocycles. The van der Waals surface area contributed by atoms with Crippen molar-refractivity contribution < 1.29 is 5.11 Å². The van der Waals surface area contributed by atoms with Gasteiger partial charge in [-0.2, -0.15) is 5.26 Å². The Bertz CT molecular complexity index is 323. The van der Waals surface area contributed by atoms with Crippen LogP contribution in [0.1, 0.15) is 16.7 Å². The Morgan fingerprint density at radius 1 is 1.36 bits per heavy atom. The van der Waals surface area contributed by atoms with Gasteiger partial charge in [0.05, 0.1) is 11.6 Å². The van der Waals surface area contributed by atoms with Crippen molar-refractivity contribution in [3.63, 3.8) is 0 Å². The number of hydrogen-bond acceptors (Lipinski definition) is 2. The molecule has 0 aliphatic rings. The average molecular weight is 147 g/mol. The first-order chi connectivity index (χ1) is 5.15. The van der Waals surface area contributed by atoms with Crippen molar-refractivity contribution in [2.24, 2.45) is 0 Å². The van der Waals surface area contributed by atoms with Gasteiger partial charge < -0.3 is 5.11 Å². The van der Waals surface area contributed by atoms with Gasteiger partial charge in [-0.15, -0.1) is 0 Å². The Morgan fingerprint density at radius 2 is 2.00 bits per heavy atom. The second-order valence-corrected chi connectivity index (χ2v) is 2.55. The molecule has 0 unspecified atom stereocenters. The summed E-state index contributed by atoms with van der Waals surface area (Å²) in [6, 6.07) is 5.14. The summed E-state index contributed by atoms with van der Waals surface area (Å²) in [5, 5.41) is 17.7. The number of aryl methyl sites for hydroxylation is 1. The molecule has 0 saturated heterocycles. The van der Waals surface area contributed by atoms with Crippen LogP contribution >= 0.6 is 0 Å². The Hall–Kier alpha value is -1.49. The van der Waals surface area contributed by atoms with Gasteiger partial charge in [0.15, 0.2) is 0 Å². The van der Waals surface area contributed by atoms with Gasteiger partial charge in [0.1, 0.15) is 5.75 Å². The van der Waals surface area contributed by atoms with E-state index in [1.807, 2.05) is 19.9 Å². The van der Waals surface area contributed by atoms with Gasteiger partial charge in [-0.05, 0) is 37.1 Å². The fourth-order valence-corrected chi connectivity index (χ4v) is 0.956. The Balaban J connectivity index is 3.39. The lowest BCUT2D eigenvalue weighted by molar-refractivity contribution is 0.474. The van der Waals surface area contributed by atoms with Crippen molar-refractivity contribution in [1.82, 2.24) is 0 Å². The highest BCUT2D eigenvalue weighted by atomic mass is 16.3. The van der Waals surface area contributed by atoms with Crippen molar-refractivity contribution in [2.45, 2.75) is 13.8 Å². The lowest BCUT2D eigenvalue weighted by Crippen LogP contribution is -1.85. The monoisotopic (exact) mass is 147 g/mol. The summed E-state index contributed by atoms with van der Waals surface area (Å²) in [5.74, 6) is 0.157. The maximum atomic E-state index is 9.10. The quantitative estimate of drug-likeness (QED) is 0.608.